The summed E-state index contributed by atoms with van der Waals surface area (Å²) < 4.78 is 4.03. The molecule has 1 saturated carbocycles. The summed E-state index contributed by atoms with van der Waals surface area (Å²) >= 11 is 1.45. The second-order valence-corrected chi connectivity index (χ2v) is 4.68. The molecule has 0 amide bonds. The zero-order valence-electron chi connectivity index (χ0n) is 7.79. The molecule has 3 nitrogen and oxygen atoms in total. The van der Waals surface area contributed by atoms with Gasteiger partial charge in [-0.3, -0.25) is 0 Å². The van der Waals surface area contributed by atoms with Crippen LogP contribution in [0.4, 0.5) is 10.8 Å². The number of hydrogen-bond donors (Lipinski definition) is 2. The Morgan fingerprint density at radius 1 is 1.62 bits per heavy atom. The minimum absolute atomic E-state index is 0.624. The Kier molecular flexibility index (Phi) is 2.40. The van der Waals surface area contributed by atoms with Crippen LogP contribution in [-0.2, 0) is 0 Å². The van der Waals surface area contributed by atoms with Crippen LogP contribution in [0.3, 0.4) is 0 Å². The van der Waals surface area contributed by atoms with E-state index in [0.717, 1.165) is 10.9 Å². The van der Waals surface area contributed by atoms with Gasteiger partial charge in [-0.05, 0) is 36.7 Å². The maximum atomic E-state index is 5.54. The van der Waals surface area contributed by atoms with Gasteiger partial charge in [0.05, 0.1) is 0 Å². The first kappa shape index (κ1) is 8.81. The summed E-state index contributed by atoms with van der Waals surface area (Å²) in [6.45, 7) is 2.31. The lowest BCUT2D eigenvalue weighted by Gasteiger charge is -2.10. The van der Waals surface area contributed by atoms with Crippen molar-refractivity contribution >= 4 is 22.4 Å². The van der Waals surface area contributed by atoms with Gasteiger partial charge < -0.3 is 11.1 Å². The first-order valence-electron chi connectivity index (χ1n) is 4.73. The SMILES string of the molecule is CC1CCC(Nc2cc(N)ns2)C1. The van der Waals surface area contributed by atoms with Crippen LogP contribution in [0.2, 0.25) is 0 Å². The minimum Gasteiger partial charge on any atom is -0.383 e. The van der Waals surface area contributed by atoms with E-state index in [1.807, 2.05) is 6.07 Å². The van der Waals surface area contributed by atoms with Gasteiger partial charge in [0.25, 0.3) is 0 Å². The highest BCUT2D eigenvalue weighted by molar-refractivity contribution is 7.10. The fourth-order valence-corrected chi connectivity index (χ4v) is 2.55. The van der Waals surface area contributed by atoms with E-state index < -0.39 is 0 Å². The highest BCUT2D eigenvalue weighted by Gasteiger charge is 2.21. The molecule has 0 radical (unpaired) electrons. The second kappa shape index (κ2) is 3.54. The Morgan fingerprint density at radius 3 is 3.00 bits per heavy atom. The molecule has 2 atom stereocenters. The van der Waals surface area contributed by atoms with Gasteiger partial charge in [0, 0.05) is 12.1 Å². The number of nitrogen functional groups attached to an aromatic ring is 1. The van der Waals surface area contributed by atoms with Crippen molar-refractivity contribution in [3.8, 4) is 0 Å². The van der Waals surface area contributed by atoms with Crippen LogP contribution in [0.5, 0.6) is 0 Å². The van der Waals surface area contributed by atoms with Crippen molar-refractivity contribution in [1.82, 2.24) is 4.37 Å². The van der Waals surface area contributed by atoms with E-state index in [9.17, 15) is 0 Å². The summed E-state index contributed by atoms with van der Waals surface area (Å²) in [5, 5.41) is 4.58. The quantitative estimate of drug-likeness (QED) is 0.765. The summed E-state index contributed by atoms with van der Waals surface area (Å²) in [6, 6.07) is 2.54. The van der Waals surface area contributed by atoms with E-state index in [-0.39, 0.29) is 0 Å². The Labute approximate surface area is 82.5 Å². The van der Waals surface area contributed by atoms with Gasteiger partial charge in [-0.1, -0.05) is 6.92 Å². The first-order valence-corrected chi connectivity index (χ1v) is 5.50. The number of nitrogens with one attached hydrogen (secondary N) is 1. The fraction of sp³-hybridized carbons (Fsp3) is 0.667. The molecule has 0 spiro atoms. The Balaban J connectivity index is 1.91. The molecule has 0 saturated heterocycles. The minimum atomic E-state index is 0.624. The van der Waals surface area contributed by atoms with E-state index in [1.54, 1.807) is 0 Å². The van der Waals surface area contributed by atoms with Crippen LogP contribution >= 0.6 is 11.5 Å². The van der Waals surface area contributed by atoms with Gasteiger partial charge in [-0.2, -0.15) is 4.37 Å². The zero-order valence-corrected chi connectivity index (χ0v) is 8.60. The predicted molar refractivity (Wildman–Crippen MR) is 57.0 cm³/mol. The number of anilines is 2. The van der Waals surface area contributed by atoms with Crippen molar-refractivity contribution in [3.63, 3.8) is 0 Å². The first-order chi connectivity index (χ1) is 6.24. The molecule has 0 aromatic carbocycles. The van der Waals surface area contributed by atoms with E-state index in [1.165, 1.54) is 30.8 Å². The molecule has 1 aliphatic carbocycles. The molecule has 0 bridgehead atoms. The summed E-state index contributed by atoms with van der Waals surface area (Å²) in [6.07, 6.45) is 3.89. The molecule has 4 heteroatoms. The highest BCUT2D eigenvalue weighted by atomic mass is 32.1. The number of aromatic nitrogens is 1. The Hall–Kier alpha value is -0.770. The maximum Gasteiger partial charge on any atom is 0.139 e. The summed E-state index contributed by atoms with van der Waals surface area (Å²) in [5.74, 6) is 1.49. The summed E-state index contributed by atoms with van der Waals surface area (Å²) in [5.41, 5.74) is 5.54. The van der Waals surface area contributed by atoms with Gasteiger partial charge in [-0.25, -0.2) is 0 Å². The molecule has 1 aromatic heterocycles. The van der Waals surface area contributed by atoms with Crippen molar-refractivity contribution in [2.75, 3.05) is 11.1 Å². The lowest BCUT2D eigenvalue weighted by Crippen LogP contribution is -2.14. The van der Waals surface area contributed by atoms with Crippen molar-refractivity contribution in [3.05, 3.63) is 6.07 Å². The second-order valence-electron chi connectivity index (χ2n) is 3.88. The van der Waals surface area contributed by atoms with Crippen LogP contribution < -0.4 is 11.1 Å². The van der Waals surface area contributed by atoms with E-state index in [0.29, 0.717) is 11.9 Å². The number of hydrogen-bond acceptors (Lipinski definition) is 4. The van der Waals surface area contributed by atoms with Crippen LogP contribution in [0.15, 0.2) is 6.07 Å². The van der Waals surface area contributed by atoms with Gasteiger partial charge in [0.2, 0.25) is 0 Å². The molecule has 1 heterocycles. The van der Waals surface area contributed by atoms with E-state index in [2.05, 4.69) is 16.6 Å². The standard InChI is InChI=1S/C9H15N3S/c1-6-2-3-7(4-6)11-9-5-8(10)12-13-9/h5-7,11H,2-4H2,1H3,(H2,10,12). The van der Waals surface area contributed by atoms with Crippen molar-refractivity contribution < 1.29 is 0 Å². The van der Waals surface area contributed by atoms with Crippen LogP contribution in [-0.4, -0.2) is 10.4 Å². The number of nitrogens with zero attached hydrogens (tertiary/aromatic N) is 1. The lowest BCUT2D eigenvalue weighted by molar-refractivity contribution is 0.603. The number of rotatable bonds is 2. The van der Waals surface area contributed by atoms with Gasteiger partial charge in [0.1, 0.15) is 10.8 Å². The largest absolute Gasteiger partial charge is 0.383 e. The third-order valence-corrected chi connectivity index (χ3v) is 3.30. The van der Waals surface area contributed by atoms with Gasteiger partial charge in [-0.15, -0.1) is 0 Å². The average molecular weight is 197 g/mol. The monoisotopic (exact) mass is 197 g/mol. The van der Waals surface area contributed by atoms with Crippen LogP contribution in [0.1, 0.15) is 26.2 Å². The maximum absolute atomic E-state index is 5.54. The Morgan fingerprint density at radius 2 is 2.46 bits per heavy atom. The van der Waals surface area contributed by atoms with Crippen molar-refractivity contribution in [1.29, 1.82) is 0 Å². The van der Waals surface area contributed by atoms with Gasteiger partial charge in [0.15, 0.2) is 0 Å². The molecular formula is C9H15N3S. The Bertz CT molecular complexity index is 284. The predicted octanol–water partition coefficient (Wildman–Crippen LogP) is 2.33. The summed E-state index contributed by atoms with van der Waals surface area (Å²) in [7, 11) is 0. The molecule has 3 N–H and O–H groups in total. The smallest absolute Gasteiger partial charge is 0.139 e. The van der Waals surface area contributed by atoms with Crippen LogP contribution in [0.25, 0.3) is 0 Å². The third-order valence-electron chi connectivity index (χ3n) is 2.57. The van der Waals surface area contributed by atoms with Crippen molar-refractivity contribution in [2.24, 2.45) is 5.92 Å². The number of nitrogens with two attached hydrogens (primary N) is 1. The molecule has 1 aromatic rings. The highest BCUT2D eigenvalue weighted by Crippen LogP contribution is 2.29. The third kappa shape index (κ3) is 2.12. The summed E-state index contributed by atoms with van der Waals surface area (Å²) in [4.78, 5) is 0. The zero-order chi connectivity index (χ0) is 9.26. The molecule has 0 aliphatic heterocycles. The lowest BCUT2D eigenvalue weighted by atomic mass is 10.1. The molecule has 1 aliphatic rings. The molecule has 72 valence electrons. The normalized spacial score (nSPS) is 27.8. The van der Waals surface area contributed by atoms with Gasteiger partial charge >= 0.3 is 0 Å². The van der Waals surface area contributed by atoms with Crippen LogP contribution in [0, 0.1) is 5.92 Å². The topological polar surface area (TPSA) is 50.9 Å². The average Bonchev–Trinajstić information content (AvgIpc) is 2.62. The van der Waals surface area contributed by atoms with E-state index in [4.69, 9.17) is 5.73 Å². The molecule has 13 heavy (non-hydrogen) atoms. The molecule has 1 fully saturated rings. The van der Waals surface area contributed by atoms with E-state index >= 15 is 0 Å². The fourth-order valence-electron chi connectivity index (χ4n) is 1.90. The molecule has 2 rings (SSSR count). The molecular weight excluding hydrogens is 182 g/mol. The molecule has 2 unspecified atom stereocenters. The van der Waals surface area contributed by atoms with Crippen molar-refractivity contribution in [2.45, 2.75) is 32.2 Å².